The van der Waals surface area contributed by atoms with Gasteiger partial charge in [-0.2, -0.15) is 0 Å². The van der Waals surface area contributed by atoms with E-state index in [1.165, 1.54) is 25.3 Å². The van der Waals surface area contributed by atoms with Crippen molar-refractivity contribution in [3.05, 3.63) is 77.9 Å². The normalized spacial score (nSPS) is 12.9. The molecule has 2 aromatic carbocycles. The Morgan fingerprint density at radius 2 is 1.46 bits per heavy atom. The van der Waals surface area contributed by atoms with Crippen LogP contribution in [0.4, 0.5) is 4.39 Å². The Morgan fingerprint density at radius 1 is 0.865 bits per heavy atom. The van der Waals surface area contributed by atoms with E-state index >= 15 is 0 Å². The number of hydrogen-bond acceptors (Lipinski definition) is 7. The Morgan fingerprint density at radius 3 is 2.00 bits per heavy atom. The van der Waals surface area contributed by atoms with Crippen LogP contribution in [0.3, 0.4) is 0 Å². The molecule has 1 atom stereocenters. The summed E-state index contributed by atoms with van der Waals surface area (Å²) in [5.74, 6) is -2.03. The van der Waals surface area contributed by atoms with Crippen LogP contribution in [0.25, 0.3) is 28.3 Å². The summed E-state index contributed by atoms with van der Waals surface area (Å²) in [6.45, 7) is 19.6. The molecule has 11 heteroatoms. The molecule has 3 rings (SSSR count). The van der Waals surface area contributed by atoms with Crippen LogP contribution in [0.5, 0.6) is 0 Å². The minimum absolute atomic E-state index is 0.0260. The average Bonchev–Trinajstić information content (AvgIpc) is 3.38. The zero-order valence-electron chi connectivity index (χ0n) is 32.5. The molecule has 0 spiro atoms. The van der Waals surface area contributed by atoms with Gasteiger partial charge in [0.15, 0.2) is 14.1 Å². The molecular formula is C41H55FN2O7Si. The molecule has 52 heavy (non-hydrogen) atoms. The maximum atomic E-state index is 14.2. The van der Waals surface area contributed by atoms with Crippen molar-refractivity contribution < 1.29 is 37.5 Å². The summed E-state index contributed by atoms with van der Waals surface area (Å²) in [7, 11) is -1.05. The first-order chi connectivity index (χ1) is 24.1. The molecular weight excluding hydrogens is 680 g/mol. The van der Waals surface area contributed by atoms with Gasteiger partial charge in [0.05, 0.1) is 31.7 Å². The van der Waals surface area contributed by atoms with E-state index in [9.17, 15) is 23.6 Å². The second kappa shape index (κ2) is 17.4. The number of allylic oxidation sites excluding steroid dienone is 1. The number of nitrogens with zero attached hydrogens (tertiary/aromatic N) is 1. The monoisotopic (exact) mass is 734 g/mol. The molecule has 1 heterocycles. The number of nitrogens with one attached hydrogen (secondary N) is 1. The van der Waals surface area contributed by atoms with Gasteiger partial charge in [0, 0.05) is 30.1 Å². The molecule has 282 valence electrons. The zero-order valence-corrected chi connectivity index (χ0v) is 33.5. The molecule has 3 aromatic rings. The lowest BCUT2D eigenvalue weighted by Crippen LogP contribution is -2.44. The second-order valence-corrected chi connectivity index (χ2v) is 20.5. The summed E-state index contributed by atoms with van der Waals surface area (Å²) in [6.07, 6.45) is 2.27. The van der Waals surface area contributed by atoms with E-state index in [0.717, 1.165) is 5.56 Å². The largest absolute Gasteiger partial charge is 0.469 e. The zero-order chi connectivity index (χ0) is 39.0. The molecule has 0 aliphatic rings. The number of benzene rings is 2. The van der Waals surface area contributed by atoms with E-state index in [1.807, 2.05) is 48.7 Å². The van der Waals surface area contributed by atoms with Crippen molar-refractivity contribution >= 4 is 38.0 Å². The number of halogens is 1. The molecule has 0 fully saturated rings. The Hall–Kier alpha value is -4.35. The number of ether oxygens (including phenoxy) is 2. The standard InChI is InChI=1S/C41H55FN2O7Si/c1-27(2)44-33(22-21-31(45)25-32(26-35(47)49-9)51-52(10,11)41(6,7)8)36(29-17-19-30(42)20-18-29)37(28-15-13-12-14-16-28)38(44)39(48)43-24-23-34(46)50-40(3,4)5/h12-22,27,32H,23-26H2,1-11H3,(H,43,48)/b22-21+/t32-/m0/s1. The summed E-state index contributed by atoms with van der Waals surface area (Å²) in [6, 6.07) is 15.1. The number of amides is 1. The van der Waals surface area contributed by atoms with Crippen LogP contribution in [0.1, 0.15) is 96.9 Å². The number of ketones is 1. The van der Waals surface area contributed by atoms with Crippen LogP contribution >= 0.6 is 0 Å². The van der Waals surface area contributed by atoms with Gasteiger partial charge in [-0.15, -0.1) is 0 Å². The number of carbonyl (C=O) groups excluding carboxylic acids is 4. The highest BCUT2D eigenvalue weighted by molar-refractivity contribution is 6.74. The van der Waals surface area contributed by atoms with E-state index in [2.05, 4.69) is 39.2 Å². The third-order valence-corrected chi connectivity index (χ3v) is 13.5. The fourth-order valence-electron chi connectivity index (χ4n) is 5.56. The molecule has 0 bridgehead atoms. The molecule has 0 saturated heterocycles. The van der Waals surface area contributed by atoms with Crippen LogP contribution in [0.2, 0.25) is 18.1 Å². The highest BCUT2D eigenvalue weighted by atomic mass is 28.4. The first kappa shape index (κ1) is 42.1. The van der Waals surface area contributed by atoms with E-state index < -0.39 is 43.7 Å². The van der Waals surface area contributed by atoms with E-state index in [1.54, 1.807) is 39.0 Å². The fourth-order valence-corrected chi connectivity index (χ4v) is 6.92. The summed E-state index contributed by atoms with van der Waals surface area (Å²) in [5, 5.41) is 2.75. The van der Waals surface area contributed by atoms with Crippen LogP contribution in [-0.4, -0.2) is 61.9 Å². The second-order valence-electron chi connectivity index (χ2n) is 15.7. The lowest BCUT2D eigenvalue weighted by molar-refractivity contribution is -0.154. The molecule has 1 amide bonds. The first-order valence-corrected chi connectivity index (χ1v) is 20.6. The Bertz CT molecular complexity index is 1750. The van der Waals surface area contributed by atoms with Gasteiger partial charge in [-0.05, 0) is 88.2 Å². The topological polar surface area (TPSA) is 113 Å². The van der Waals surface area contributed by atoms with Crippen LogP contribution in [0.15, 0.2) is 60.7 Å². The quantitative estimate of drug-likeness (QED) is 0.0943. The number of carbonyl (C=O) groups is 4. The summed E-state index contributed by atoms with van der Waals surface area (Å²) in [5.41, 5.74) is 2.81. The van der Waals surface area contributed by atoms with Gasteiger partial charge < -0.3 is 23.8 Å². The molecule has 0 unspecified atom stereocenters. The molecule has 0 radical (unpaired) electrons. The van der Waals surface area contributed by atoms with Gasteiger partial charge in [0.2, 0.25) is 0 Å². The molecule has 9 nitrogen and oxygen atoms in total. The number of rotatable bonds is 15. The van der Waals surface area contributed by atoms with Gasteiger partial charge in [-0.3, -0.25) is 19.2 Å². The smallest absolute Gasteiger partial charge is 0.308 e. The Balaban J connectivity index is 2.19. The van der Waals surface area contributed by atoms with Crippen LogP contribution in [0, 0.1) is 5.82 Å². The molecule has 1 N–H and O–H groups in total. The molecule has 0 aliphatic heterocycles. The first-order valence-electron chi connectivity index (χ1n) is 17.7. The van der Waals surface area contributed by atoms with Crippen molar-refractivity contribution in [1.82, 2.24) is 9.88 Å². The fraction of sp³-hybridized carbons (Fsp3) is 0.463. The SMILES string of the molecule is COC(=O)C[C@H](CC(=O)/C=C/c1c(-c2ccc(F)cc2)c(-c2ccccc2)c(C(=O)NCCC(=O)OC(C)(C)C)n1C(C)C)O[Si](C)(C)C(C)(C)C. The van der Waals surface area contributed by atoms with Crippen LogP contribution in [-0.2, 0) is 28.3 Å². The summed E-state index contributed by atoms with van der Waals surface area (Å²) in [4.78, 5) is 52.8. The van der Waals surface area contributed by atoms with Crippen LogP contribution < -0.4 is 5.32 Å². The van der Waals surface area contributed by atoms with Crippen molar-refractivity contribution in [2.24, 2.45) is 0 Å². The average molecular weight is 735 g/mol. The molecule has 0 aliphatic carbocycles. The summed E-state index contributed by atoms with van der Waals surface area (Å²) < 4.78 is 33.0. The summed E-state index contributed by atoms with van der Waals surface area (Å²) >= 11 is 0. The highest BCUT2D eigenvalue weighted by Gasteiger charge is 2.40. The Labute approximate surface area is 309 Å². The predicted octanol–water partition coefficient (Wildman–Crippen LogP) is 8.93. The maximum Gasteiger partial charge on any atom is 0.308 e. The van der Waals surface area contributed by atoms with E-state index in [4.69, 9.17) is 13.9 Å². The predicted molar refractivity (Wildman–Crippen MR) is 206 cm³/mol. The van der Waals surface area contributed by atoms with E-state index in [0.29, 0.717) is 28.1 Å². The van der Waals surface area contributed by atoms with E-state index in [-0.39, 0.29) is 42.7 Å². The van der Waals surface area contributed by atoms with Gasteiger partial charge in [-0.1, -0.05) is 63.2 Å². The van der Waals surface area contributed by atoms with Gasteiger partial charge in [-0.25, -0.2) is 4.39 Å². The minimum atomic E-state index is -2.36. The van der Waals surface area contributed by atoms with Crippen molar-refractivity contribution in [1.29, 1.82) is 0 Å². The third-order valence-electron chi connectivity index (χ3n) is 8.95. The van der Waals surface area contributed by atoms with Crippen molar-refractivity contribution in [2.75, 3.05) is 13.7 Å². The van der Waals surface area contributed by atoms with Gasteiger partial charge >= 0.3 is 11.9 Å². The minimum Gasteiger partial charge on any atom is -0.469 e. The third kappa shape index (κ3) is 11.3. The molecule has 1 aromatic heterocycles. The Kier molecular flexibility index (Phi) is 14.1. The maximum absolute atomic E-state index is 14.2. The number of esters is 2. The lowest BCUT2D eigenvalue weighted by Gasteiger charge is -2.39. The highest BCUT2D eigenvalue weighted by Crippen LogP contribution is 2.43. The van der Waals surface area contributed by atoms with Crippen molar-refractivity contribution in [3.63, 3.8) is 0 Å². The number of hydrogen-bond donors (Lipinski definition) is 1. The van der Waals surface area contributed by atoms with Crippen molar-refractivity contribution in [2.45, 2.75) is 111 Å². The number of methoxy groups -OCH3 is 1. The van der Waals surface area contributed by atoms with Crippen molar-refractivity contribution in [3.8, 4) is 22.3 Å². The lowest BCUT2D eigenvalue weighted by atomic mass is 9.94. The number of aromatic nitrogens is 1. The van der Waals surface area contributed by atoms with Gasteiger partial charge in [0.1, 0.15) is 17.1 Å². The molecule has 0 saturated carbocycles. The van der Waals surface area contributed by atoms with Gasteiger partial charge in [0.25, 0.3) is 5.91 Å².